The van der Waals surface area contributed by atoms with Gasteiger partial charge in [0.1, 0.15) is 12.2 Å². The maximum Gasteiger partial charge on any atom is 0.338 e. The van der Waals surface area contributed by atoms with E-state index in [0.29, 0.717) is 11.3 Å². The highest BCUT2D eigenvalue weighted by Gasteiger charge is 2.38. The summed E-state index contributed by atoms with van der Waals surface area (Å²) in [5.41, 5.74) is 1.53. The zero-order valence-electron chi connectivity index (χ0n) is 10.1. The zero-order valence-corrected chi connectivity index (χ0v) is 10.9. The van der Waals surface area contributed by atoms with Crippen LogP contribution >= 0.6 is 11.8 Å². The van der Waals surface area contributed by atoms with Crippen molar-refractivity contribution in [3.8, 4) is 0 Å². The first-order chi connectivity index (χ1) is 8.61. The predicted octanol–water partition coefficient (Wildman–Crippen LogP) is 0.989. The van der Waals surface area contributed by atoms with Crippen LogP contribution in [0.15, 0.2) is 24.3 Å². The maximum absolute atomic E-state index is 11.9. The van der Waals surface area contributed by atoms with Gasteiger partial charge in [0.25, 0.3) is 0 Å². The molecule has 1 aliphatic heterocycles. The van der Waals surface area contributed by atoms with E-state index in [4.69, 9.17) is 9.84 Å². The van der Waals surface area contributed by atoms with Crippen molar-refractivity contribution in [1.82, 2.24) is 0 Å². The minimum Gasteiger partial charge on any atom is -0.455 e. The Morgan fingerprint density at radius 3 is 2.72 bits per heavy atom. The second kappa shape index (κ2) is 5.73. The summed E-state index contributed by atoms with van der Waals surface area (Å²) in [6.07, 6.45) is -1.34. The molecule has 1 saturated heterocycles. The van der Waals surface area contributed by atoms with E-state index >= 15 is 0 Å². The fourth-order valence-corrected chi connectivity index (χ4v) is 3.02. The predicted molar refractivity (Wildman–Crippen MR) is 69.7 cm³/mol. The van der Waals surface area contributed by atoms with E-state index in [1.165, 1.54) is 11.8 Å². The first-order valence-electron chi connectivity index (χ1n) is 5.80. The van der Waals surface area contributed by atoms with Crippen LogP contribution in [-0.2, 0) is 4.74 Å². The molecule has 4 nitrogen and oxygen atoms in total. The Balaban J connectivity index is 2.04. The third kappa shape index (κ3) is 2.85. The summed E-state index contributed by atoms with van der Waals surface area (Å²) in [6.45, 7) is 1.84. The highest BCUT2D eigenvalue weighted by molar-refractivity contribution is 8.00. The third-order valence-electron chi connectivity index (χ3n) is 2.94. The van der Waals surface area contributed by atoms with Crippen molar-refractivity contribution in [3.63, 3.8) is 0 Å². The number of aliphatic hydroxyl groups excluding tert-OH is 2. The monoisotopic (exact) mass is 268 g/mol. The molecule has 2 rings (SSSR count). The molecule has 1 heterocycles. The van der Waals surface area contributed by atoms with Crippen LogP contribution in [0.1, 0.15) is 15.9 Å². The first kappa shape index (κ1) is 13.4. The van der Waals surface area contributed by atoms with Gasteiger partial charge in [0.15, 0.2) is 0 Å². The minimum atomic E-state index is -0.707. The Bertz CT molecular complexity index is 418. The molecule has 5 heteroatoms. The van der Waals surface area contributed by atoms with Crippen molar-refractivity contribution in [2.24, 2.45) is 0 Å². The lowest BCUT2D eigenvalue weighted by molar-refractivity contribution is -0.0110. The zero-order chi connectivity index (χ0) is 13.1. The van der Waals surface area contributed by atoms with Crippen LogP contribution in [0.5, 0.6) is 0 Å². The van der Waals surface area contributed by atoms with Gasteiger partial charge < -0.3 is 14.9 Å². The van der Waals surface area contributed by atoms with Gasteiger partial charge in [-0.25, -0.2) is 4.79 Å². The highest BCUT2D eigenvalue weighted by atomic mass is 32.2. The second-order valence-corrected chi connectivity index (χ2v) is 5.63. The normalized spacial score (nSPS) is 27.2. The van der Waals surface area contributed by atoms with Crippen LogP contribution in [-0.4, -0.2) is 46.0 Å². The second-order valence-electron chi connectivity index (χ2n) is 4.36. The van der Waals surface area contributed by atoms with E-state index in [9.17, 15) is 9.90 Å². The Hall–Kier alpha value is -1.04. The molecule has 0 aliphatic carbocycles. The number of esters is 1. The smallest absolute Gasteiger partial charge is 0.338 e. The number of thioether (sulfide) groups is 1. The molecule has 1 fully saturated rings. The van der Waals surface area contributed by atoms with Crippen molar-refractivity contribution in [3.05, 3.63) is 35.4 Å². The molecule has 0 aromatic heterocycles. The number of benzene rings is 1. The molecular formula is C13H16O4S. The number of rotatable bonds is 3. The number of aliphatic hydroxyl groups is 2. The molecule has 0 unspecified atom stereocenters. The lowest BCUT2D eigenvalue weighted by Gasteiger charge is -2.20. The number of hydrogen-bond donors (Lipinski definition) is 2. The third-order valence-corrected chi connectivity index (χ3v) is 4.32. The molecule has 0 bridgehead atoms. The number of carbonyl (C=O) groups excluding carboxylic acids is 1. The molecule has 18 heavy (non-hydrogen) atoms. The molecule has 98 valence electrons. The summed E-state index contributed by atoms with van der Waals surface area (Å²) in [5.74, 6) is 0.0249. The van der Waals surface area contributed by atoms with Crippen LogP contribution < -0.4 is 0 Å². The van der Waals surface area contributed by atoms with Gasteiger partial charge >= 0.3 is 5.97 Å². The molecule has 2 N–H and O–H groups in total. The largest absolute Gasteiger partial charge is 0.455 e. The van der Waals surface area contributed by atoms with Gasteiger partial charge in [-0.2, -0.15) is 0 Å². The van der Waals surface area contributed by atoms with Crippen molar-refractivity contribution < 1.29 is 19.7 Å². The summed E-state index contributed by atoms with van der Waals surface area (Å²) in [6, 6.07) is 7.06. The van der Waals surface area contributed by atoms with Gasteiger partial charge in [-0.05, 0) is 19.1 Å². The summed E-state index contributed by atoms with van der Waals surface area (Å²) in [4.78, 5) is 11.9. The van der Waals surface area contributed by atoms with Crippen LogP contribution in [0, 0.1) is 6.92 Å². The lowest BCUT2D eigenvalue weighted by Crippen LogP contribution is -2.36. The number of carbonyl (C=O) groups is 1. The molecule has 0 saturated carbocycles. The summed E-state index contributed by atoms with van der Waals surface area (Å²) >= 11 is 1.42. The van der Waals surface area contributed by atoms with E-state index in [0.717, 1.165) is 5.56 Å². The molecule has 1 aliphatic rings. The van der Waals surface area contributed by atoms with Crippen molar-refractivity contribution >= 4 is 17.7 Å². The number of aryl methyl sites for hydroxylation is 1. The van der Waals surface area contributed by atoms with Crippen LogP contribution in [0.2, 0.25) is 0 Å². The fourth-order valence-electron chi connectivity index (χ4n) is 1.85. The van der Waals surface area contributed by atoms with E-state index in [2.05, 4.69) is 0 Å². The molecule has 3 atom stereocenters. The highest BCUT2D eigenvalue weighted by Crippen LogP contribution is 2.29. The summed E-state index contributed by atoms with van der Waals surface area (Å²) in [7, 11) is 0. The minimum absolute atomic E-state index is 0.104. The van der Waals surface area contributed by atoms with Crippen LogP contribution in [0.25, 0.3) is 0 Å². The SMILES string of the molecule is Cc1ccc(C(=O)O[C@H]2[C@H](O)CS[C@@H]2CO)cc1. The Morgan fingerprint density at radius 2 is 2.11 bits per heavy atom. The molecule has 0 radical (unpaired) electrons. The van der Waals surface area contributed by atoms with Crippen molar-refractivity contribution in [2.75, 3.05) is 12.4 Å². The fraction of sp³-hybridized carbons (Fsp3) is 0.462. The van der Waals surface area contributed by atoms with E-state index in [-0.39, 0.29) is 11.9 Å². The van der Waals surface area contributed by atoms with E-state index in [1.54, 1.807) is 12.1 Å². The summed E-state index contributed by atoms with van der Waals surface area (Å²) in [5, 5.41) is 18.6. The van der Waals surface area contributed by atoms with Gasteiger partial charge in [-0.1, -0.05) is 17.7 Å². The Labute approximate surface area is 110 Å². The molecule has 1 aromatic carbocycles. The molecule has 0 spiro atoms. The summed E-state index contributed by atoms with van der Waals surface area (Å²) < 4.78 is 5.28. The Kier molecular flexibility index (Phi) is 4.27. The number of hydrogen-bond acceptors (Lipinski definition) is 5. The van der Waals surface area contributed by atoms with Crippen LogP contribution in [0.4, 0.5) is 0 Å². The molecule has 0 amide bonds. The lowest BCUT2D eigenvalue weighted by atomic mass is 10.1. The van der Waals surface area contributed by atoms with E-state index < -0.39 is 18.2 Å². The van der Waals surface area contributed by atoms with Crippen molar-refractivity contribution in [1.29, 1.82) is 0 Å². The number of ether oxygens (including phenoxy) is 1. The standard InChI is InChI=1S/C13H16O4S/c1-8-2-4-9(5-3-8)13(16)17-12-10(15)7-18-11(12)6-14/h2-5,10-12,14-15H,6-7H2,1H3/t10-,11-,12+/m1/s1. The average molecular weight is 268 g/mol. The Morgan fingerprint density at radius 1 is 1.44 bits per heavy atom. The van der Waals surface area contributed by atoms with Gasteiger partial charge in [0.05, 0.1) is 17.4 Å². The van der Waals surface area contributed by atoms with Gasteiger partial charge in [-0.15, -0.1) is 11.8 Å². The van der Waals surface area contributed by atoms with Crippen molar-refractivity contribution in [2.45, 2.75) is 24.4 Å². The van der Waals surface area contributed by atoms with Gasteiger partial charge in [0, 0.05) is 5.75 Å². The quantitative estimate of drug-likeness (QED) is 0.800. The van der Waals surface area contributed by atoms with Crippen LogP contribution in [0.3, 0.4) is 0 Å². The van der Waals surface area contributed by atoms with Gasteiger partial charge in [0.2, 0.25) is 0 Å². The average Bonchev–Trinajstić information content (AvgIpc) is 2.71. The van der Waals surface area contributed by atoms with Gasteiger partial charge in [-0.3, -0.25) is 0 Å². The first-order valence-corrected chi connectivity index (χ1v) is 6.85. The van der Waals surface area contributed by atoms with E-state index in [1.807, 2.05) is 19.1 Å². The molecule has 1 aromatic rings. The topological polar surface area (TPSA) is 66.8 Å². The maximum atomic E-state index is 11.9. The molecular weight excluding hydrogens is 252 g/mol.